The average molecular weight is 224 g/mol. The van der Waals surface area contributed by atoms with Gasteiger partial charge in [-0.15, -0.1) is 0 Å². The highest BCUT2D eigenvalue weighted by atomic mass is 16.2. The predicted molar refractivity (Wildman–Crippen MR) is 63.0 cm³/mol. The molecule has 1 rings (SSSR count). The minimum absolute atomic E-state index is 0.0189. The molecule has 5 nitrogen and oxygen atoms in total. The summed E-state index contributed by atoms with van der Waals surface area (Å²) in [6, 6.07) is 0. The fourth-order valence-electron chi connectivity index (χ4n) is 1.53. The molecular formula is C11H20N4O. The maximum atomic E-state index is 12.0. The lowest BCUT2D eigenvalue weighted by molar-refractivity contribution is 0.0740. The predicted octanol–water partition coefficient (Wildman–Crippen LogP) is 0.477. The zero-order chi connectivity index (χ0) is 12.3. The summed E-state index contributed by atoms with van der Waals surface area (Å²) in [5.41, 5.74) is 6.19. The lowest BCUT2D eigenvalue weighted by Gasteiger charge is -2.28. The first-order chi connectivity index (χ1) is 7.35. The summed E-state index contributed by atoms with van der Waals surface area (Å²) < 4.78 is 1.62. The van der Waals surface area contributed by atoms with Crippen molar-refractivity contribution in [2.45, 2.75) is 13.8 Å². The third-order valence-corrected chi connectivity index (χ3v) is 2.52. The van der Waals surface area contributed by atoms with Gasteiger partial charge in [-0.3, -0.25) is 9.48 Å². The molecule has 1 amide bonds. The van der Waals surface area contributed by atoms with Gasteiger partial charge in [-0.25, -0.2) is 0 Å². The SMILES string of the molecule is CN(CC(C)(C)CN)C(=O)c1cnn(C)c1. The van der Waals surface area contributed by atoms with Crippen LogP contribution in [0.5, 0.6) is 0 Å². The highest BCUT2D eigenvalue weighted by molar-refractivity contribution is 5.93. The molecule has 0 unspecified atom stereocenters. The standard InChI is InChI=1S/C11H20N4O/c1-11(2,7-12)8-14(3)10(16)9-5-13-15(4)6-9/h5-6H,7-8,12H2,1-4H3. The third kappa shape index (κ3) is 3.06. The maximum Gasteiger partial charge on any atom is 0.256 e. The molecule has 0 aliphatic carbocycles. The van der Waals surface area contributed by atoms with Crippen molar-refractivity contribution >= 4 is 5.91 Å². The van der Waals surface area contributed by atoms with E-state index in [4.69, 9.17) is 5.73 Å². The van der Waals surface area contributed by atoms with Crippen molar-refractivity contribution < 1.29 is 4.79 Å². The number of hydrogen-bond acceptors (Lipinski definition) is 3. The lowest BCUT2D eigenvalue weighted by atomic mass is 9.93. The molecule has 0 aromatic carbocycles. The van der Waals surface area contributed by atoms with E-state index in [1.54, 1.807) is 36.1 Å². The Morgan fingerprint density at radius 3 is 2.69 bits per heavy atom. The maximum absolute atomic E-state index is 12.0. The van der Waals surface area contributed by atoms with Crippen LogP contribution in [0.1, 0.15) is 24.2 Å². The van der Waals surface area contributed by atoms with Crippen LogP contribution in [-0.4, -0.2) is 40.7 Å². The van der Waals surface area contributed by atoms with E-state index in [0.29, 0.717) is 18.7 Å². The number of carbonyl (C=O) groups is 1. The molecule has 0 aliphatic heterocycles. The monoisotopic (exact) mass is 224 g/mol. The second-order valence-corrected chi connectivity index (χ2v) is 4.93. The van der Waals surface area contributed by atoms with E-state index in [1.165, 1.54) is 0 Å². The van der Waals surface area contributed by atoms with Gasteiger partial charge in [0.1, 0.15) is 0 Å². The normalized spacial score (nSPS) is 11.6. The second-order valence-electron chi connectivity index (χ2n) is 4.93. The van der Waals surface area contributed by atoms with Crippen LogP contribution in [0.15, 0.2) is 12.4 Å². The van der Waals surface area contributed by atoms with Crippen molar-refractivity contribution in [1.82, 2.24) is 14.7 Å². The minimum atomic E-state index is -0.0629. The van der Waals surface area contributed by atoms with E-state index in [2.05, 4.69) is 5.10 Å². The van der Waals surface area contributed by atoms with E-state index in [-0.39, 0.29) is 11.3 Å². The van der Waals surface area contributed by atoms with Crippen LogP contribution in [-0.2, 0) is 7.05 Å². The van der Waals surface area contributed by atoms with Crippen molar-refractivity contribution in [2.75, 3.05) is 20.1 Å². The number of hydrogen-bond donors (Lipinski definition) is 1. The van der Waals surface area contributed by atoms with Gasteiger partial charge in [0.05, 0.1) is 11.8 Å². The Labute approximate surface area is 96.2 Å². The Bertz CT molecular complexity index is 370. The molecule has 1 aromatic rings. The quantitative estimate of drug-likeness (QED) is 0.809. The van der Waals surface area contributed by atoms with Gasteiger partial charge in [0, 0.05) is 26.8 Å². The van der Waals surface area contributed by atoms with Gasteiger partial charge >= 0.3 is 0 Å². The van der Waals surface area contributed by atoms with Gasteiger partial charge in [0.2, 0.25) is 0 Å². The molecule has 0 spiro atoms. The van der Waals surface area contributed by atoms with Gasteiger partial charge in [-0.2, -0.15) is 5.10 Å². The van der Waals surface area contributed by atoms with Gasteiger partial charge in [0.25, 0.3) is 5.91 Å². The largest absolute Gasteiger partial charge is 0.341 e. The summed E-state index contributed by atoms with van der Waals surface area (Å²) in [5.74, 6) is -0.0189. The second kappa shape index (κ2) is 4.65. The van der Waals surface area contributed by atoms with Crippen LogP contribution < -0.4 is 5.73 Å². The summed E-state index contributed by atoms with van der Waals surface area (Å²) in [6.45, 7) is 5.27. The van der Waals surface area contributed by atoms with Crippen LogP contribution in [0.2, 0.25) is 0 Å². The van der Waals surface area contributed by atoms with Crippen molar-refractivity contribution in [3.8, 4) is 0 Å². The Kier molecular flexibility index (Phi) is 3.70. The molecule has 1 aromatic heterocycles. The van der Waals surface area contributed by atoms with Crippen molar-refractivity contribution in [1.29, 1.82) is 0 Å². The molecule has 16 heavy (non-hydrogen) atoms. The number of carbonyl (C=O) groups excluding carboxylic acids is 1. The fraction of sp³-hybridized carbons (Fsp3) is 0.636. The van der Waals surface area contributed by atoms with Crippen LogP contribution in [0.4, 0.5) is 0 Å². The van der Waals surface area contributed by atoms with Gasteiger partial charge in [-0.1, -0.05) is 13.8 Å². The molecule has 5 heteroatoms. The van der Waals surface area contributed by atoms with Crippen LogP contribution in [0.25, 0.3) is 0 Å². The molecule has 2 N–H and O–H groups in total. The number of nitrogens with two attached hydrogens (primary N) is 1. The first-order valence-corrected chi connectivity index (χ1v) is 5.30. The first kappa shape index (κ1) is 12.7. The van der Waals surface area contributed by atoms with Gasteiger partial charge in [0.15, 0.2) is 0 Å². The smallest absolute Gasteiger partial charge is 0.256 e. The van der Waals surface area contributed by atoms with E-state index in [0.717, 1.165) is 0 Å². The number of aryl methyl sites for hydroxylation is 1. The molecule has 0 saturated heterocycles. The van der Waals surface area contributed by atoms with Crippen LogP contribution in [0, 0.1) is 5.41 Å². The van der Waals surface area contributed by atoms with Crippen LogP contribution >= 0.6 is 0 Å². The molecule has 0 aliphatic rings. The molecule has 1 heterocycles. The Balaban J connectivity index is 2.68. The van der Waals surface area contributed by atoms with E-state index in [1.807, 2.05) is 13.8 Å². The number of rotatable bonds is 4. The Hall–Kier alpha value is -1.36. The molecule has 0 atom stereocenters. The number of nitrogens with zero attached hydrogens (tertiary/aromatic N) is 3. The Morgan fingerprint density at radius 2 is 2.25 bits per heavy atom. The zero-order valence-corrected chi connectivity index (χ0v) is 10.4. The molecule has 0 fully saturated rings. The lowest BCUT2D eigenvalue weighted by Crippen LogP contribution is -2.39. The summed E-state index contributed by atoms with van der Waals surface area (Å²) in [7, 11) is 3.58. The number of aromatic nitrogens is 2. The fourth-order valence-corrected chi connectivity index (χ4v) is 1.53. The number of amides is 1. The van der Waals surface area contributed by atoms with E-state index in [9.17, 15) is 4.79 Å². The Morgan fingerprint density at radius 1 is 1.62 bits per heavy atom. The third-order valence-electron chi connectivity index (χ3n) is 2.52. The van der Waals surface area contributed by atoms with Crippen molar-refractivity contribution in [3.63, 3.8) is 0 Å². The van der Waals surface area contributed by atoms with Gasteiger partial charge < -0.3 is 10.6 Å². The van der Waals surface area contributed by atoms with Crippen LogP contribution in [0.3, 0.4) is 0 Å². The summed E-state index contributed by atoms with van der Waals surface area (Å²) in [5, 5.41) is 3.98. The minimum Gasteiger partial charge on any atom is -0.341 e. The molecule has 0 bridgehead atoms. The van der Waals surface area contributed by atoms with E-state index >= 15 is 0 Å². The molecule has 0 radical (unpaired) electrons. The summed E-state index contributed by atoms with van der Waals surface area (Å²) in [6.07, 6.45) is 3.29. The topological polar surface area (TPSA) is 64.2 Å². The highest BCUT2D eigenvalue weighted by Gasteiger charge is 2.22. The molecular weight excluding hydrogens is 204 g/mol. The van der Waals surface area contributed by atoms with E-state index < -0.39 is 0 Å². The summed E-state index contributed by atoms with van der Waals surface area (Å²) in [4.78, 5) is 13.7. The van der Waals surface area contributed by atoms with Crippen molar-refractivity contribution in [3.05, 3.63) is 18.0 Å². The molecule has 90 valence electrons. The van der Waals surface area contributed by atoms with Crippen molar-refractivity contribution in [2.24, 2.45) is 18.2 Å². The highest BCUT2D eigenvalue weighted by Crippen LogP contribution is 2.15. The average Bonchev–Trinajstić information content (AvgIpc) is 2.63. The zero-order valence-electron chi connectivity index (χ0n) is 10.4. The summed E-state index contributed by atoms with van der Waals surface area (Å²) >= 11 is 0. The molecule has 0 saturated carbocycles. The van der Waals surface area contributed by atoms with Gasteiger partial charge in [-0.05, 0) is 12.0 Å². The first-order valence-electron chi connectivity index (χ1n) is 5.30.